The van der Waals surface area contributed by atoms with E-state index in [-0.39, 0.29) is 12.9 Å². The van der Waals surface area contributed by atoms with Gasteiger partial charge in [0, 0.05) is 12.9 Å². The predicted octanol–water partition coefficient (Wildman–Crippen LogP) is 0.464. The van der Waals surface area contributed by atoms with Crippen LogP contribution in [0.15, 0.2) is 0 Å². The Labute approximate surface area is 25.8 Å². The molecule has 1 nitrogen and oxygen atoms in total. The van der Waals surface area contributed by atoms with E-state index in [4.69, 9.17) is 4.39 Å². The van der Waals surface area contributed by atoms with Gasteiger partial charge in [-0.2, -0.15) is 0 Å². The van der Waals surface area contributed by atoms with Gasteiger partial charge < -0.3 is 0 Å². The number of halogens is 1. The summed E-state index contributed by atoms with van der Waals surface area (Å²) in [5, 5.41) is 0. The van der Waals surface area contributed by atoms with E-state index < -0.39 is 0 Å². The second-order valence-corrected chi connectivity index (χ2v) is 0. The summed E-state index contributed by atoms with van der Waals surface area (Å²) >= 11 is 0. The van der Waals surface area contributed by atoms with Gasteiger partial charge in [0.15, 0.2) is 0 Å². The van der Waals surface area contributed by atoms with Gasteiger partial charge in [0.1, 0.15) is 0 Å². The highest BCUT2D eigenvalue weighted by molar-refractivity contribution is 3.64. The minimum absolute atomic E-state index is 0. The first-order valence-electron chi connectivity index (χ1n) is 0.189. The maximum absolute atomic E-state index is 8.75. The van der Waals surface area contributed by atoms with E-state index >= 15 is 0 Å². The molecule has 0 aromatic rings. The molecule has 0 bridgehead atoms. The SMILES string of the molecule is [C].[C]F.[O]. The molecule has 2 heteroatoms. The second-order valence-electron chi connectivity index (χ2n) is 0. The maximum Gasteiger partial charge on any atom is 0.232 e. The van der Waals surface area contributed by atoms with E-state index in [2.05, 4.69) is 7.18 Å². The Kier molecular flexibility index (Phi) is 8750. The lowest BCUT2D eigenvalue weighted by atomic mass is 11.9. The van der Waals surface area contributed by atoms with Gasteiger partial charge in [-0.05, 0) is 0 Å². The van der Waals surface area contributed by atoms with Gasteiger partial charge in [0.2, 0.25) is 7.18 Å². The third-order valence-electron chi connectivity index (χ3n) is 0. The van der Waals surface area contributed by atoms with Gasteiger partial charge in [0.25, 0.3) is 0 Å². The summed E-state index contributed by atoms with van der Waals surface area (Å²) < 4.78 is 8.75. The van der Waals surface area contributed by atoms with Crippen molar-refractivity contribution in [2.24, 2.45) is 0 Å². The molecule has 0 aliphatic rings. The highest BCUT2D eigenvalue weighted by Gasteiger charge is 1.03. The van der Waals surface area contributed by atoms with Crippen molar-refractivity contribution in [1.29, 1.82) is 0 Å². The Hall–Kier alpha value is -0.110. The van der Waals surface area contributed by atoms with E-state index in [9.17, 15) is 0 Å². The van der Waals surface area contributed by atoms with Gasteiger partial charge in [-0.15, -0.1) is 0 Å². The monoisotopic (exact) mass is 59.0 g/mol. The van der Waals surface area contributed by atoms with Crippen LogP contribution in [0, 0.1) is 14.6 Å². The van der Waals surface area contributed by atoms with E-state index in [0.29, 0.717) is 0 Å². The summed E-state index contributed by atoms with van der Waals surface area (Å²) in [5.74, 6) is 0. The lowest BCUT2D eigenvalue weighted by molar-refractivity contribution is 0.686. The molecule has 0 amide bonds. The molecule has 0 heterocycles. The van der Waals surface area contributed by atoms with Gasteiger partial charge in [-0.25, -0.2) is 4.39 Å². The Morgan fingerprint density at radius 2 is 1.25 bits per heavy atom. The molecule has 0 aliphatic heterocycles. The molecular weight excluding hydrogens is 59.0 g/mol. The summed E-state index contributed by atoms with van der Waals surface area (Å²) in [4.78, 5) is 0. The van der Waals surface area contributed by atoms with Crippen LogP contribution in [0.4, 0.5) is 4.39 Å². The lowest BCUT2D eigenvalue weighted by Gasteiger charge is -1.03. The van der Waals surface area contributed by atoms with Gasteiger partial charge in [-0.1, -0.05) is 0 Å². The quantitative estimate of drug-likeness (QED) is 0.388. The summed E-state index contributed by atoms with van der Waals surface area (Å²) in [6.45, 7) is 0. The van der Waals surface area contributed by atoms with Crippen molar-refractivity contribution >= 4 is 0 Å². The topological polar surface area (TPSA) is 28.5 Å². The Morgan fingerprint density at radius 3 is 1.25 bits per heavy atom. The van der Waals surface area contributed by atoms with Crippen LogP contribution in [-0.4, -0.2) is 0 Å². The molecular formula is C2FO. The zero-order valence-electron chi connectivity index (χ0n) is 1.79. The minimum atomic E-state index is 0. The van der Waals surface area contributed by atoms with E-state index in [1.54, 1.807) is 0 Å². The minimum Gasteiger partial charge on any atom is -0.232 e. The first-order chi connectivity index (χ1) is 1.00. The molecule has 0 rings (SSSR count). The predicted molar refractivity (Wildman–Crippen MR) is 8.28 cm³/mol. The highest BCUT2D eigenvalue weighted by atomic mass is 19.1. The van der Waals surface area contributed by atoms with Crippen LogP contribution in [0.3, 0.4) is 0 Å². The molecule has 0 fully saturated rings. The summed E-state index contributed by atoms with van der Waals surface area (Å²) in [7, 11) is 4.25. The number of rotatable bonds is 0. The zero-order chi connectivity index (χ0) is 2.00. The van der Waals surface area contributed by atoms with Crippen LogP contribution in [0.25, 0.3) is 0 Å². The van der Waals surface area contributed by atoms with Crippen LogP contribution in [-0.2, 0) is 5.48 Å². The average molecular weight is 59.0 g/mol. The molecule has 0 aromatic carbocycles. The van der Waals surface area contributed by atoms with Crippen molar-refractivity contribution in [2.75, 3.05) is 0 Å². The largest absolute Gasteiger partial charge is 0.232 e. The van der Waals surface area contributed by atoms with E-state index in [1.165, 1.54) is 0 Å². The van der Waals surface area contributed by atoms with Crippen molar-refractivity contribution in [3.8, 4) is 0 Å². The molecule has 0 atom stereocenters. The third kappa shape index (κ3) is 124. The molecule has 0 saturated heterocycles. The van der Waals surface area contributed by atoms with Gasteiger partial charge in [-0.3, -0.25) is 0 Å². The van der Waals surface area contributed by atoms with Crippen molar-refractivity contribution in [3.63, 3.8) is 0 Å². The van der Waals surface area contributed by atoms with Crippen LogP contribution in [0.1, 0.15) is 0 Å². The van der Waals surface area contributed by atoms with Gasteiger partial charge in [0.05, 0.1) is 0 Å². The summed E-state index contributed by atoms with van der Waals surface area (Å²) in [6, 6.07) is 0. The van der Waals surface area contributed by atoms with Crippen LogP contribution < -0.4 is 0 Å². The molecule has 0 aromatic heterocycles. The fraction of sp³-hybridized carbons (Fsp3) is 0. The lowest BCUT2D eigenvalue weighted by Crippen LogP contribution is -0.764. The molecule has 0 spiro atoms. The van der Waals surface area contributed by atoms with Crippen molar-refractivity contribution < 1.29 is 9.87 Å². The average Bonchev–Trinajstić information content (AvgIpc) is 1.00. The number of hydrogen-bond acceptors (Lipinski definition) is 0. The summed E-state index contributed by atoms with van der Waals surface area (Å²) in [5.41, 5.74) is 0. The molecule has 0 N–H and O–H groups in total. The van der Waals surface area contributed by atoms with E-state index in [0.717, 1.165) is 0 Å². The van der Waals surface area contributed by atoms with Crippen LogP contribution in [0.5, 0.6) is 0 Å². The first kappa shape index (κ1) is 41.0. The Bertz CT molecular complexity index is 6.00. The molecule has 4 heavy (non-hydrogen) atoms. The third-order valence-corrected chi connectivity index (χ3v) is 0. The van der Waals surface area contributed by atoms with Crippen molar-refractivity contribution in [3.05, 3.63) is 14.6 Å². The standard InChI is InChI=1S/CF.C.O/c1-2;;. The van der Waals surface area contributed by atoms with Crippen molar-refractivity contribution in [1.82, 2.24) is 0 Å². The first-order valence-corrected chi connectivity index (χ1v) is 0.189. The molecule has 0 unspecified atom stereocenters. The Morgan fingerprint density at radius 1 is 1.25 bits per heavy atom. The molecule has 21 valence electrons. The number of hydrogen-bond donors (Lipinski definition) is 0. The van der Waals surface area contributed by atoms with E-state index in [1.807, 2.05) is 0 Å². The molecule has 0 saturated carbocycles. The highest BCUT2D eigenvalue weighted by Crippen LogP contribution is 1.27. The summed E-state index contributed by atoms with van der Waals surface area (Å²) in [6.07, 6.45) is 0. The fourth-order valence-electron chi connectivity index (χ4n) is 0. The van der Waals surface area contributed by atoms with Crippen molar-refractivity contribution in [2.45, 2.75) is 0 Å². The normalized spacial score (nSPS) is 1.50. The fourth-order valence-corrected chi connectivity index (χ4v) is 0. The Balaban J connectivity index is -0.00000000500. The molecule has 0 aliphatic carbocycles. The molecule has 9 radical (unpaired) electrons. The van der Waals surface area contributed by atoms with Gasteiger partial charge >= 0.3 is 0 Å². The second kappa shape index (κ2) is 853. The maximum atomic E-state index is 8.75. The van der Waals surface area contributed by atoms with Crippen LogP contribution in [0.2, 0.25) is 0 Å². The smallest absolute Gasteiger partial charge is 0.232 e. The zero-order valence-corrected chi connectivity index (χ0v) is 1.79. The van der Waals surface area contributed by atoms with Crippen LogP contribution >= 0.6 is 0 Å².